The molecule has 2 N–H and O–H groups in total. The predicted octanol–water partition coefficient (Wildman–Crippen LogP) is 1.60. The lowest BCUT2D eigenvalue weighted by Gasteiger charge is -2.33. The summed E-state index contributed by atoms with van der Waals surface area (Å²) in [5, 5.41) is 14.1. The molecule has 2 aromatic carbocycles. The van der Waals surface area contributed by atoms with E-state index < -0.39 is 4.92 Å². The first-order valence-corrected chi connectivity index (χ1v) is 9.30. The number of carbonyl (C=O) groups excluding carboxylic acids is 1. The van der Waals surface area contributed by atoms with Crippen LogP contribution in [-0.2, 0) is 4.79 Å². The second kappa shape index (κ2) is 8.90. The molecule has 0 bridgehead atoms. The van der Waals surface area contributed by atoms with Crippen LogP contribution in [-0.4, -0.2) is 50.7 Å². The van der Waals surface area contributed by atoms with E-state index in [9.17, 15) is 14.9 Å². The van der Waals surface area contributed by atoms with Crippen LogP contribution in [0.25, 0.3) is 0 Å². The molecule has 0 aliphatic carbocycles. The van der Waals surface area contributed by atoms with Crippen LogP contribution >= 0.6 is 11.6 Å². The van der Waals surface area contributed by atoms with Gasteiger partial charge in [0.2, 0.25) is 0 Å². The Bertz CT molecular complexity index is 852. The zero-order chi connectivity index (χ0) is 20.1. The average Bonchev–Trinajstić information content (AvgIpc) is 2.68. The summed E-state index contributed by atoms with van der Waals surface area (Å²) < 4.78 is 5.18. The maximum atomic E-state index is 12.4. The normalized spacial score (nSPS) is 14.6. The lowest BCUT2D eigenvalue weighted by Crippen LogP contribution is -3.15. The van der Waals surface area contributed by atoms with E-state index in [0.29, 0.717) is 5.02 Å². The lowest BCUT2D eigenvalue weighted by molar-refractivity contribution is -0.892. The van der Waals surface area contributed by atoms with Crippen molar-refractivity contribution < 1.29 is 19.4 Å². The van der Waals surface area contributed by atoms with E-state index in [4.69, 9.17) is 16.3 Å². The fraction of sp³-hybridized carbons (Fsp3) is 0.316. The molecule has 0 atom stereocenters. The third-order valence-electron chi connectivity index (χ3n) is 4.75. The highest BCUT2D eigenvalue weighted by Crippen LogP contribution is 2.27. The summed E-state index contributed by atoms with van der Waals surface area (Å²) in [7, 11) is 1.64. The number of benzene rings is 2. The summed E-state index contributed by atoms with van der Waals surface area (Å²) in [5.41, 5.74) is 1.08. The van der Waals surface area contributed by atoms with Crippen LogP contribution in [0.5, 0.6) is 5.75 Å². The van der Waals surface area contributed by atoms with Gasteiger partial charge in [-0.2, -0.15) is 0 Å². The number of ether oxygens (including phenoxy) is 1. The summed E-state index contributed by atoms with van der Waals surface area (Å²) in [6.45, 7) is 3.51. The predicted molar refractivity (Wildman–Crippen MR) is 108 cm³/mol. The Morgan fingerprint density at radius 2 is 1.93 bits per heavy atom. The molecule has 1 aliphatic heterocycles. The minimum absolute atomic E-state index is 0.124. The van der Waals surface area contributed by atoms with E-state index in [1.807, 2.05) is 24.3 Å². The van der Waals surface area contributed by atoms with Gasteiger partial charge in [-0.1, -0.05) is 11.6 Å². The van der Waals surface area contributed by atoms with E-state index in [2.05, 4.69) is 10.2 Å². The van der Waals surface area contributed by atoms with Crippen molar-refractivity contribution >= 4 is 34.6 Å². The van der Waals surface area contributed by atoms with Crippen LogP contribution in [0, 0.1) is 10.1 Å². The van der Waals surface area contributed by atoms with E-state index in [1.54, 1.807) is 7.11 Å². The van der Waals surface area contributed by atoms with Gasteiger partial charge in [0, 0.05) is 16.8 Å². The Balaban J connectivity index is 1.54. The second-order valence-electron chi connectivity index (χ2n) is 6.58. The van der Waals surface area contributed by atoms with Crippen molar-refractivity contribution in [3.8, 4) is 5.75 Å². The number of hydrogen-bond donors (Lipinski definition) is 2. The number of halogens is 1. The molecule has 2 aromatic rings. The number of piperazine rings is 1. The van der Waals surface area contributed by atoms with Crippen molar-refractivity contribution in [2.24, 2.45) is 0 Å². The molecular formula is C19H22ClN4O4+. The Morgan fingerprint density at radius 1 is 1.25 bits per heavy atom. The van der Waals surface area contributed by atoms with Gasteiger partial charge in [0.25, 0.3) is 11.6 Å². The van der Waals surface area contributed by atoms with Crippen LogP contribution in [0.3, 0.4) is 0 Å². The fourth-order valence-corrected chi connectivity index (χ4v) is 3.41. The van der Waals surface area contributed by atoms with Crippen molar-refractivity contribution in [1.29, 1.82) is 0 Å². The van der Waals surface area contributed by atoms with Crippen LogP contribution in [0.1, 0.15) is 0 Å². The van der Waals surface area contributed by atoms with Gasteiger partial charge in [-0.25, -0.2) is 0 Å². The molecule has 0 spiro atoms. The molecule has 1 heterocycles. The molecule has 0 aromatic heterocycles. The van der Waals surface area contributed by atoms with Crippen LogP contribution in [0.15, 0.2) is 42.5 Å². The van der Waals surface area contributed by atoms with Gasteiger partial charge in [-0.3, -0.25) is 14.9 Å². The number of nitrogens with zero attached hydrogens (tertiary/aromatic N) is 2. The summed E-state index contributed by atoms with van der Waals surface area (Å²) in [4.78, 5) is 26.3. The summed E-state index contributed by atoms with van der Waals surface area (Å²) >= 11 is 5.90. The van der Waals surface area contributed by atoms with Crippen molar-refractivity contribution in [1.82, 2.24) is 0 Å². The van der Waals surface area contributed by atoms with Crippen molar-refractivity contribution in [2.75, 3.05) is 50.1 Å². The lowest BCUT2D eigenvalue weighted by atomic mass is 10.2. The first kappa shape index (κ1) is 19.9. The van der Waals surface area contributed by atoms with E-state index in [0.717, 1.165) is 42.5 Å². The van der Waals surface area contributed by atoms with Gasteiger partial charge < -0.3 is 19.9 Å². The van der Waals surface area contributed by atoms with Gasteiger partial charge >= 0.3 is 0 Å². The van der Waals surface area contributed by atoms with Crippen molar-refractivity contribution in [2.45, 2.75) is 0 Å². The minimum Gasteiger partial charge on any atom is -0.497 e. The molecule has 3 rings (SSSR count). The highest BCUT2D eigenvalue weighted by molar-refractivity contribution is 6.31. The molecule has 0 unspecified atom stereocenters. The Labute approximate surface area is 167 Å². The first-order valence-electron chi connectivity index (χ1n) is 8.92. The number of quaternary nitrogens is 1. The Morgan fingerprint density at radius 3 is 2.54 bits per heavy atom. The highest BCUT2D eigenvalue weighted by atomic mass is 35.5. The third kappa shape index (κ3) is 4.90. The minimum atomic E-state index is -0.535. The molecular weight excluding hydrogens is 384 g/mol. The molecule has 1 amide bonds. The van der Waals surface area contributed by atoms with Crippen molar-refractivity contribution in [3.05, 3.63) is 57.6 Å². The van der Waals surface area contributed by atoms with Gasteiger partial charge in [0.05, 0.1) is 38.2 Å². The summed E-state index contributed by atoms with van der Waals surface area (Å²) in [5.74, 6) is 0.554. The third-order valence-corrected chi connectivity index (χ3v) is 4.98. The van der Waals surface area contributed by atoms with Gasteiger partial charge in [-0.15, -0.1) is 0 Å². The molecule has 8 nitrogen and oxygen atoms in total. The number of methoxy groups -OCH3 is 1. The largest absolute Gasteiger partial charge is 0.497 e. The van der Waals surface area contributed by atoms with Gasteiger partial charge in [0.15, 0.2) is 6.54 Å². The number of carbonyl (C=O) groups is 1. The number of rotatable bonds is 6. The standard InChI is InChI=1S/C19H21ClN4O4/c1-28-16-5-3-15(4-6-16)23-10-8-22(9-11-23)13-19(25)21-17-12-14(20)2-7-18(17)24(26)27/h2-7,12H,8-11,13H2,1H3,(H,21,25)/p+1. The zero-order valence-electron chi connectivity index (χ0n) is 15.5. The van der Waals surface area contributed by atoms with Crippen LogP contribution < -0.4 is 19.9 Å². The molecule has 9 heteroatoms. The molecule has 1 saturated heterocycles. The molecule has 28 heavy (non-hydrogen) atoms. The molecule has 0 saturated carbocycles. The number of amides is 1. The Hall–Kier alpha value is -2.84. The van der Waals surface area contributed by atoms with Crippen LogP contribution in [0.4, 0.5) is 17.1 Å². The van der Waals surface area contributed by atoms with Gasteiger partial charge in [0.1, 0.15) is 11.4 Å². The molecule has 0 radical (unpaired) electrons. The number of nitrogens with one attached hydrogen (secondary N) is 2. The van der Waals surface area contributed by atoms with Gasteiger partial charge in [-0.05, 0) is 36.4 Å². The fourth-order valence-electron chi connectivity index (χ4n) is 3.24. The smallest absolute Gasteiger partial charge is 0.292 e. The van der Waals surface area contributed by atoms with Crippen molar-refractivity contribution in [3.63, 3.8) is 0 Å². The van der Waals surface area contributed by atoms with E-state index >= 15 is 0 Å². The number of nitro benzene ring substituents is 1. The first-order chi connectivity index (χ1) is 13.5. The SMILES string of the molecule is COc1ccc(N2CC[NH+](CC(=O)Nc3cc(Cl)ccc3[N+](=O)[O-])CC2)cc1. The quantitative estimate of drug-likeness (QED) is 0.563. The summed E-state index contributed by atoms with van der Waals surface area (Å²) in [6.07, 6.45) is 0. The highest BCUT2D eigenvalue weighted by Gasteiger charge is 2.24. The zero-order valence-corrected chi connectivity index (χ0v) is 16.2. The number of nitro groups is 1. The maximum absolute atomic E-state index is 12.4. The molecule has 148 valence electrons. The van der Waals surface area contributed by atoms with E-state index in [1.165, 1.54) is 18.2 Å². The summed E-state index contributed by atoms with van der Waals surface area (Å²) in [6, 6.07) is 12.0. The molecule has 1 fully saturated rings. The van der Waals surface area contributed by atoms with E-state index in [-0.39, 0.29) is 23.8 Å². The number of anilines is 2. The number of hydrogen-bond acceptors (Lipinski definition) is 5. The average molecular weight is 406 g/mol. The second-order valence-corrected chi connectivity index (χ2v) is 7.02. The van der Waals surface area contributed by atoms with Crippen LogP contribution in [0.2, 0.25) is 5.02 Å². The maximum Gasteiger partial charge on any atom is 0.292 e. The molecule has 1 aliphatic rings. The Kier molecular flexibility index (Phi) is 6.33. The monoisotopic (exact) mass is 405 g/mol. The topological polar surface area (TPSA) is 89.2 Å².